The lowest BCUT2D eigenvalue weighted by Crippen LogP contribution is -2.20. The van der Waals surface area contributed by atoms with Gasteiger partial charge in [0.05, 0.1) is 11.8 Å². The number of hydrogen-bond acceptors (Lipinski definition) is 6. The van der Waals surface area contributed by atoms with Gasteiger partial charge in [0, 0.05) is 17.6 Å². The molecular formula is C11H14N4OS. The van der Waals surface area contributed by atoms with Crippen molar-refractivity contribution in [3.05, 3.63) is 27.8 Å². The summed E-state index contributed by atoms with van der Waals surface area (Å²) in [4.78, 5) is 8.81. The van der Waals surface area contributed by atoms with Crippen LogP contribution in [0.4, 0.5) is 0 Å². The molecule has 0 aromatic carbocycles. The van der Waals surface area contributed by atoms with Gasteiger partial charge in [0.25, 0.3) is 0 Å². The Hall–Kier alpha value is -1.27. The summed E-state index contributed by atoms with van der Waals surface area (Å²) in [6, 6.07) is 0. The largest absolute Gasteiger partial charge is 0.339 e. The first-order valence-electron chi connectivity index (χ1n) is 5.66. The SMILES string of the molecule is Cc1csc(Cc2noc(C3(CN)CC3)n2)n1. The van der Waals surface area contributed by atoms with Crippen molar-refractivity contribution in [1.82, 2.24) is 15.1 Å². The fourth-order valence-electron chi connectivity index (χ4n) is 1.82. The Labute approximate surface area is 103 Å². The van der Waals surface area contributed by atoms with E-state index in [1.54, 1.807) is 11.3 Å². The van der Waals surface area contributed by atoms with E-state index in [0.717, 1.165) is 23.5 Å². The van der Waals surface area contributed by atoms with E-state index in [2.05, 4.69) is 15.1 Å². The van der Waals surface area contributed by atoms with Crippen LogP contribution in [0.5, 0.6) is 0 Å². The lowest BCUT2D eigenvalue weighted by Gasteiger charge is -2.03. The third kappa shape index (κ3) is 1.98. The first-order chi connectivity index (χ1) is 8.22. The summed E-state index contributed by atoms with van der Waals surface area (Å²) in [6.45, 7) is 2.57. The molecule has 0 radical (unpaired) electrons. The molecule has 2 aromatic heterocycles. The average molecular weight is 250 g/mol. The van der Waals surface area contributed by atoms with Gasteiger partial charge in [0.2, 0.25) is 5.89 Å². The van der Waals surface area contributed by atoms with Crippen LogP contribution in [0, 0.1) is 6.92 Å². The van der Waals surface area contributed by atoms with Gasteiger partial charge in [-0.2, -0.15) is 4.98 Å². The summed E-state index contributed by atoms with van der Waals surface area (Å²) in [5.41, 5.74) is 6.74. The Morgan fingerprint density at radius 3 is 2.88 bits per heavy atom. The number of nitrogens with two attached hydrogens (primary N) is 1. The standard InChI is InChI=1S/C11H14N4OS/c1-7-5-17-9(13-7)4-8-14-10(16-15-8)11(6-12)2-3-11/h5H,2-4,6,12H2,1H3. The first kappa shape index (κ1) is 10.9. The van der Waals surface area contributed by atoms with Crippen molar-refractivity contribution in [3.63, 3.8) is 0 Å². The molecule has 2 aromatic rings. The third-order valence-electron chi connectivity index (χ3n) is 3.14. The molecule has 17 heavy (non-hydrogen) atoms. The lowest BCUT2D eigenvalue weighted by molar-refractivity contribution is 0.344. The summed E-state index contributed by atoms with van der Waals surface area (Å²) in [5, 5.41) is 7.05. The summed E-state index contributed by atoms with van der Waals surface area (Å²) in [5.74, 6) is 1.40. The van der Waals surface area contributed by atoms with E-state index in [0.29, 0.717) is 24.7 Å². The average Bonchev–Trinajstić information content (AvgIpc) is 2.81. The normalized spacial score (nSPS) is 17.3. The summed E-state index contributed by atoms with van der Waals surface area (Å²) in [6.07, 6.45) is 2.76. The minimum Gasteiger partial charge on any atom is -0.339 e. The second kappa shape index (κ2) is 3.89. The first-order valence-corrected chi connectivity index (χ1v) is 6.54. The molecule has 0 unspecified atom stereocenters. The predicted molar refractivity (Wildman–Crippen MR) is 63.9 cm³/mol. The molecule has 0 bridgehead atoms. The maximum Gasteiger partial charge on any atom is 0.234 e. The van der Waals surface area contributed by atoms with Crippen LogP contribution in [-0.4, -0.2) is 21.7 Å². The second-order valence-corrected chi connectivity index (χ2v) is 5.50. The molecule has 5 nitrogen and oxygen atoms in total. The van der Waals surface area contributed by atoms with Crippen molar-refractivity contribution >= 4 is 11.3 Å². The van der Waals surface area contributed by atoms with Crippen LogP contribution in [0.1, 0.15) is 35.3 Å². The van der Waals surface area contributed by atoms with Crippen molar-refractivity contribution in [2.75, 3.05) is 6.54 Å². The number of aryl methyl sites for hydroxylation is 1. The van der Waals surface area contributed by atoms with Gasteiger partial charge in [0.15, 0.2) is 5.82 Å². The highest BCUT2D eigenvalue weighted by atomic mass is 32.1. The highest BCUT2D eigenvalue weighted by Crippen LogP contribution is 2.46. The Balaban J connectivity index is 1.77. The molecule has 0 spiro atoms. The number of aromatic nitrogens is 3. The highest BCUT2D eigenvalue weighted by molar-refractivity contribution is 7.09. The maximum absolute atomic E-state index is 5.73. The molecule has 0 aliphatic heterocycles. The van der Waals surface area contributed by atoms with Crippen LogP contribution in [0.25, 0.3) is 0 Å². The van der Waals surface area contributed by atoms with Gasteiger partial charge in [-0.25, -0.2) is 4.98 Å². The topological polar surface area (TPSA) is 77.8 Å². The zero-order valence-corrected chi connectivity index (χ0v) is 10.5. The van der Waals surface area contributed by atoms with Gasteiger partial charge in [-0.1, -0.05) is 5.16 Å². The summed E-state index contributed by atoms with van der Waals surface area (Å²) >= 11 is 1.63. The molecule has 1 saturated carbocycles. The van der Waals surface area contributed by atoms with E-state index < -0.39 is 0 Å². The minimum absolute atomic E-state index is 0.0238. The van der Waals surface area contributed by atoms with Crippen molar-refractivity contribution < 1.29 is 4.52 Å². The number of hydrogen-bond donors (Lipinski definition) is 1. The van der Waals surface area contributed by atoms with Crippen LogP contribution < -0.4 is 5.73 Å². The molecule has 0 atom stereocenters. The molecule has 1 aliphatic carbocycles. The zero-order chi connectivity index (χ0) is 11.9. The van der Waals surface area contributed by atoms with Gasteiger partial charge in [-0.15, -0.1) is 11.3 Å². The molecule has 2 N–H and O–H groups in total. The van der Waals surface area contributed by atoms with Crippen LogP contribution in [-0.2, 0) is 11.8 Å². The third-order valence-corrected chi connectivity index (χ3v) is 4.11. The maximum atomic E-state index is 5.73. The summed E-state index contributed by atoms with van der Waals surface area (Å²) < 4.78 is 5.30. The smallest absolute Gasteiger partial charge is 0.234 e. The van der Waals surface area contributed by atoms with Crippen molar-refractivity contribution in [2.24, 2.45) is 5.73 Å². The predicted octanol–water partition coefficient (Wildman–Crippen LogP) is 1.42. The molecule has 3 rings (SSSR count). The lowest BCUT2D eigenvalue weighted by atomic mass is 10.1. The molecule has 6 heteroatoms. The fraction of sp³-hybridized carbons (Fsp3) is 0.545. The van der Waals surface area contributed by atoms with Crippen LogP contribution in [0.2, 0.25) is 0 Å². The molecule has 1 fully saturated rings. The summed E-state index contributed by atoms with van der Waals surface area (Å²) in [7, 11) is 0. The van der Waals surface area contributed by atoms with E-state index in [4.69, 9.17) is 10.3 Å². The number of rotatable bonds is 4. The van der Waals surface area contributed by atoms with Crippen molar-refractivity contribution in [3.8, 4) is 0 Å². The van der Waals surface area contributed by atoms with Crippen molar-refractivity contribution in [1.29, 1.82) is 0 Å². The van der Waals surface area contributed by atoms with Crippen LogP contribution in [0.3, 0.4) is 0 Å². The Kier molecular flexibility index (Phi) is 2.48. The molecule has 0 amide bonds. The van der Waals surface area contributed by atoms with Crippen LogP contribution in [0.15, 0.2) is 9.90 Å². The minimum atomic E-state index is -0.0238. The van der Waals surface area contributed by atoms with Gasteiger partial charge in [0.1, 0.15) is 5.01 Å². The number of nitrogens with zero attached hydrogens (tertiary/aromatic N) is 3. The van der Waals surface area contributed by atoms with E-state index in [1.165, 1.54) is 0 Å². The second-order valence-electron chi connectivity index (χ2n) is 4.56. The number of thiazole rings is 1. The van der Waals surface area contributed by atoms with E-state index in [9.17, 15) is 0 Å². The highest BCUT2D eigenvalue weighted by Gasteiger charge is 2.48. The van der Waals surface area contributed by atoms with E-state index >= 15 is 0 Å². The van der Waals surface area contributed by atoms with E-state index in [1.807, 2.05) is 12.3 Å². The Morgan fingerprint density at radius 2 is 2.29 bits per heavy atom. The fourth-order valence-corrected chi connectivity index (χ4v) is 2.58. The molecule has 90 valence electrons. The molecular weight excluding hydrogens is 236 g/mol. The molecule has 0 saturated heterocycles. The molecule has 2 heterocycles. The quantitative estimate of drug-likeness (QED) is 0.887. The van der Waals surface area contributed by atoms with Gasteiger partial charge < -0.3 is 10.3 Å². The Morgan fingerprint density at radius 1 is 1.47 bits per heavy atom. The molecule has 1 aliphatic rings. The van der Waals surface area contributed by atoms with Crippen molar-refractivity contribution in [2.45, 2.75) is 31.6 Å². The van der Waals surface area contributed by atoms with E-state index in [-0.39, 0.29) is 5.41 Å². The van der Waals surface area contributed by atoms with Gasteiger partial charge >= 0.3 is 0 Å². The van der Waals surface area contributed by atoms with Gasteiger partial charge in [-0.05, 0) is 19.8 Å². The monoisotopic (exact) mass is 250 g/mol. The Bertz CT molecular complexity index is 529. The van der Waals surface area contributed by atoms with Gasteiger partial charge in [-0.3, -0.25) is 0 Å². The zero-order valence-electron chi connectivity index (χ0n) is 9.64. The van der Waals surface area contributed by atoms with Crippen LogP contribution >= 0.6 is 11.3 Å².